The number of halogens is 1. The summed E-state index contributed by atoms with van der Waals surface area (Å²) in [7, 11) is 1.56. The molecule has 0 saturated heterocycles. The number of methoxy groups -OCH3 is 1. The number of hydrogen-bond donors (Lipinski definition) is 0. The van der Waals surface area contributed by atoms with Crippen LogP contribution >= 0.6 is 11.6 Å². The van der Waals surface area contributed by atoms with E-state index in [1.807, 2.05) is 0 Å². The molecule has 0 aliphatic rings. The number of aryl methyl sites for hydroxylation is 1. The first kappa shape index (κ1) is 9.98. The van der Waals surface area contributed by atoms with Gasteiger partial charge in [0, 0.05) is 0 Å². The van der Waals surface area contributed by atoms with Crippen LogP contribution in [0.4, 0.5) is 0 Å². The molecule has 0 radical (unpaired) electrons. The van der Waals surface area contributed by atoms with E-state index in [1.54, 1.807) is 32.4 Å². The molecule has 0 bridgehead atoms. The molecule has 0 spiro atoms. The minimum absolute atomic E-state index is 0.180. The van der Waals surface area contributed by atoms with Crippen LogP contribution in [0.3, 0.4) is 0 Å². The van der Waals surface area contributed by atoms with Crippen molar-refractivity contribution in [1.82, 2.24) is 9.97 Å². The Morgan fingerprint density at radius 3 is 2.80 bits per heavy atom. The first-order chi connectivity index (χ1) is 7.22. The Labute approximate surface area is 91.9 Å². The maximum atomic E-state index is 5.78. The van der Waals surface area contributed by atoms with Gasteiger partial charge in [0.15, 0.2) is 17.2 Å². The molecule has 78 valence electrons. The molecule has 2 aromatic heterocycles. The molecule has 0 amide bonds. The largest absolute Gasteiger partial charge is 0.492 e. The fourth-order valence-electron chi connectivity index (χ4n) is 1.35. The van der Waals surface area contributed by atoms with Crippen LogP contribution in [0.25, 0.3) is 11.5 Å². The van der Waals surface area contributed by atoms with Crippen molar-refractivity contribution in [3.05, 3.63) is 29.4 Å². The summed E-state index contributed by atoms with van der Waals surface area (Å²) in [6.45, 7) is 1.80. The van der Waals surface area contributed by atoms with Crippen molar-refractivity contribution in [2.45, 2.75) is 6.92 Å². The number of aromatic nitrogens is 2. The van der Waals surface area contributed by atoms with Crippen LogP contribution in [0.1, 0.15) is 5.69 Å². The van der Waals surface area contributed by atoms with Crippen molar-refractivity contribution < 1.29 is 9.15 Å². The van der Waals surface area contributed by atoms with E-state index in [2.05, 4.69) is 9.97 Å². The van der Waals surface area contributed by atoms with Gasteiger partial charge in [0.25, 0.3) is 0 Å². The lowest BCUT2D eigenvalue weighted by atomic mass is 10.2. The van der Waals surface area contributed by atoms with Crippen molar-refractivity contribution in [3.63, 3.8) is 0 Å². The van der Waals surface area contributed by atoms with E-state index < -0.39 is 0 Å². The van der Waals surface area contributed by atoms with E-state index in [0.29, 0.717) is 22.9 Å². The molecule has 0 N–H and O–H groups in total. The predicted octanol–water partition coefficient (Wildman–Crippen LogP) is 2.71. The molecule has 2 heterocycles. The van der Waals surface area contributed by atoms with Gasteiger partial charge in [-0.05, 0) is 30.7 Å². The molecular weight excluding hydrogens is 216 g/mol. The summed E-state index contributed by atoms with van der Waals surface area (Å²) >= 11 is 5.78. The predicted molar refractivity (Wildman–Crippen MR) is 56.0 cm³/mol. The SMILES string of the molecule is COc1c(C)nc(Cl)nc1-c1ccco1. The van der Waals surface area contributed by atoms with Crippen LogP contribution < -0.4 is 4.74 Å². The summed E-state index contributed by atoms with van der Waals surface area (Å²) in [6, 6.07) is 3.57. The van der Waals surface area contributed by atoms with Gasteiger partial charge in [-0.3, -0.25) is 0 Å². The highest BCUT2D eigenvalue weighted by atomic mass is 35.5. The molecule has 0 unspecified atom stereocenters. The molecule has 4 nitrogen and oxygen atoms in total. The summed E-state index contributed by atoms with van der Waals surface area (Å²) in [6.07, 6.45) is 1.57. The lowest BCUT2D eigenvalue weighted by Crippen LogP contribution is -1.97. The smallest absolute Gasteiger partial charge is 0.223 e. The zero-order valence-electron chi connectivity index (χ0n) is 8.32. The summed E-state index contributed by atoms with van der Waals surface area (Å²) < 4.78 is 10.5. The molecule has 0 saturated carbocycles. The number of ether oxygens (including phenoxy) is 1. The molecule has 0 aliphatic heterocycles. The highest BCUT2D eigenvalue weighted by Gasteiger charge is 2.15. The quantitative estimate of drug-likeness (QED) is 0.736. The number of furan rings is 1. The van der Waals surface area contributed by atoms with Gasteiger partial charge in [-0.15, -0.1) is 0 Å². The third-order valence-electron chi connectivity index (χ3n) is 1.97. The van der Waals surface area contributed by atoms with Crippen LogP contribution in [0.5, 0.6) is 5.75 Å². The van der Waals surface area contributed by atoms with Crippen molar-refractivity contribution in [2.24, 2.45) is 0 Å². The Morgan fingerprint density at radius 1 is 1.40 bits per heavy atom. The van der Waals surface area contributed by atoms with Crippen LogP contribution in [0.15, 0.2) is 22.8 Å². The van der Waals surface area contributed by atoms with Gasteiger partial charge < -0.3 is 9.15 Å². The topological polar surface area (TPSA) is 48.2 Å². The van der Waals surface area contributed by atoms with Gasteiger partial charge in [-0.25, -0.2) is 9.97 Å². The van der Waals surface area contributed by atoms with Crippen molar-refractivity contribution >= 4 is 11.6 Å². The fourth-order valence-corrected chi connectivity index (χ4v) is 1.56. The lowest BCUT2D eigenvalue weighted by molar-refractivity contribution is 0.407. The van der Waals surface area contributed by atoms with Gasteiger partial charge >= 0.3 is 0 Å². The first-order valence-corrected chi connectivity index (χ1v) is 4.72. The first-order valence-electron chi connectivity index (χ1n) is 4.34. The summed E-state index contributed by atoms with van der Waals surface area (Å²) in [5.74, 6) is 1.19. The van der Waals surface area contributed by atoms with Crippen LogP contribution in [0, 0.1) is 6.92 Å². The van der Waals surface area contributed by atoms with Gasteiger partial charge in [-0.2, -0.15) is 0 Å². The average molecular weight is 225 g/mol. The van der Waals surface area contributed by atoms with E-state index >= 15 is 0 Å². The third-order valence-corrected chi connectivity index (χ3v) is 2.14. The zero-order chi connectivity index (χ0) is 10.8. The van der Waals surface area contributed by atoms with Crippen LogP contribution in [0.2, 0.25) is 5.28 Å². The Balaban J connectivity index is 2.64. The Hall–Kier alpha value is -1.55. The Kier molecular flexibility index (Phi) is 2.60. The number of rotatable bonds is 2. The number of nitrogens with zero attached hydrogens (tertiary/aromatic N) is 2. The van der Waals surface area contributed by atoms with Crippen molar-refractivity contribution in [2.75, 3.05) is 7.11 Å². The van der Waals surface area contributed by atoms with Crippen LogP contribution in [-0.2, 0) is 0 Å². The average Bonchev–Trinajstić information content (AvgIpc) is 2.69. The maximum Gasteiger partial charge on any atom is 0.223 e. The summed E-state index contributed by atoms with van der Waals surface area (Å²) in [5, 5.41) is 0.180. The van der Waals surface area contributed by atoms with Crippen molar-refractivity contribution in [3.8, 4) is 17.2 Å². The second kappa shape index (κ2) is 3.90. The molecule has 0 atom stereocenters. The summed E-state index contributed by atoms with van der Waals surface area (Å²) in [4.78, 5) is 8.09. The second-order valence-electron chi connectivity index (χ2n) is 2.94. The normalized spacial score (nSPS) is 10.3. The van der Waals surface area contributed by atoms with E-state index in [1.165, 1.54) is 0 Å². The minimum Gasteiger partial charge on any atom is -0.492 e. The van der Waals surface area contributed by atoms with E-state index in [-0.39, 0.29) is 5.28 Å². The highest BCUT2D eigenvalue weighted by molar-refractivity contribution is 6.28. The van der Waals surface area contributed by atoms with Crippen LogP contribution in [-0.4, -0.2) is 17.1 Å². The minimum atomic E-state index is 0.180. The molecule has 0 aliphatic carbocycles. The van der Waals surface area contributed by atoms with Gasteiger partial charge in [0.1, 0.15) is 0 Å². The van der Waals surface area contributed by atoms with E-state index in [9.17, 15) is 0 Å². The van der Waals surface area contributed by atoms with Gasteiger partial charge in [-0.1, -0.05) is 0 Å². The maximum absolute atomic E-state index is 5.78. The standard InChI is InChI=1S/C10H9ClN2O2/c1-6-9(14-2)8(13-10(11)12-6)7-4-3-5-15-7/h3-5H,1-2H3. The molecule has 0 fully saturated rings. The zero-order valence-corrected chi connectivity index (χ0v) is 9.08. The molecule has 0 aromatic carbocycles. The van der Waals surface area contributed by atoms with Crippen molar-refractivity contribution in [1.29, 1.82) is 0 Å². The van der Waals surface area contributed by atoms with Gasteiger partial charge in [0.05, 0.1) is 19.1 Å². The molecular formula is C10H9ClN2O2. The molecule has 5 heteroatoms. The Morgan fingerprint density at radius 2 is 2.20 bits per heavy atom. The molecule has 2 rings (SSSR count). The number of hydrogen-bond acceptors (Lipinski definition) is 4. The summed E-state index contributed by atoms with van der Waals surface area (Å²) in [5.41, 5.74) is 1.25. The lowest BCUT2D eigenvalue weighted by Gasteiger charge is -2.07. The van der Waals surface area contributed by atoms with Gasteiger partial charge in [0.2, 0.25) is 5.28 Å². The Bertz CT molecular complexity index is 469. The molecule has 15 heavy (non-hydrogen) atoms. The monoisotopic (exact) mass is 224 g/mol. The second-order valence-corrected chi connectivity index (χ2v) is 3.28. The third kappa shape index (κ3) is 1.80. The van der Waals surface area contributed by atoms with E-state index in [4.69, 9.17) is 20.8 Å². The van der Waals surface area contributed by atoms with E-state index in [0.717, 1.165) is 0 Å². The fraction of sp³-hybridized carbons (Fsp3) is 0.200. The highest BCUT2D eigenvalue weighted by Crippen LogP contribution is 2.31. The molecule has 2 aromatic rings.